The Kier molecular flexibility index (Phi) is 13.7. The van der Waals surface area contributed by atoms with Gasteiger partial charge in [0.2, 0.25) is 11.8 Å². The average Bonchev–Trinajstić information content (AvgIpc) is 2.91. The van der Waals surface area contributed by atoms with Gasteiger partial charge in [-0.25, -0.2) is 4.79 Å². The zero-order chi connectivity index (χ0) is 29.5. The highest BCUT2D eigenvalue weighted by Crippen LogP contribution is 2.26. The minimum absolute atomic E-state index is 0.301. The molecule has 0 heterocycles. The van der Waals surface area contributed by atoms with Crippen molar-refractivity contribution in [2.24, 2.45) is 0 Å². The van der Waals surface area contributed by atoms with Gasteiger partial charge in [-0.3, -0.25) is 9.59 Å². The predicted octanol–water partition coefficient (Wildman–Crippen LogP) is 5.43. The third-order valence-corrected chi connectivity index (χ3v) is 6.56. The Balaban J connectivity index is 2.38. The van der Waals surface area contributed by atoms with Crippen molar-refractivity contribution in [3.05, 3.63) is 71.3 Å². The number of aryl methyl sites for hydroxylation is 1. The molecule has 0 fully saturated rings. The number of aliphatic hydroxyl groups excluding tert-OH is 1. The molecule has 2 aromatic rings. The number of unbranched alkanes of at least 4 members (excludes halogenated alkanes) is 5. The van der Waals surface area contributed by atoms with Crippen LogP contribution < -0.4 is 10.6 Å². The molecule has 2 unspecified atom stereocenters. The molecule has 2 aromatic carbocycles. The van der Waals surface area contributed by atoms with Crippen LogP contribution in [0.3, 0.4) is 0 Å². The maximum atomic E-state index is 14.0. The van der Waals surface area contributed by atoms with Crippen molar-refractivity contribution in [1.82, 2.24) is 15.5 Å². The molecule has 8 nitrogen and oxygen atoms in total. The van der Waals surface area contributed by atoms with Gasteiger partial charge in [-0.1, -0.05) is 93.6 Å². The minimum Gasteiger partial charge on any atom is -0.444 e. The highest BCUT2D eigenvalue weighted by atomic mass is 16.6. The molecule has 0 spiro atoms. The Morgan fingerprint density at radius 2 is 1.55 bits per heavy atom. The first-order valence-corrected chi connectivity index (χ1v) is 14.4. The number of benzene rings is 2. The van der Waals surface area contributed by atoms with E-state index in [-0.39, 0.29) is 5.91 Å². The first-order chi connectivity index (χ1) is 19.1. The molecule has 3 amide bonds. The molecule has 3 N–H and O–H groups in total. The van der Waals surface area contributed by atoms with Gasteiger partial charge in [0.05, 0.1) is 6.61 Å². The van der Waals surface area contributed by atoms with Crippen molar-refractivity contribution in [1.29, 1.82) is 0 Å². The highest BCUT2D eigenvalue weighted by molar-refractivity contribution is 5.92. The second-order valence-electron chi connectivity index (χ2n) is 11.1. The smallest absolute Gasteiger partial charge is 0.408 e. The van der Waals surface area contributed by atoms with Gasteiger partial charge < -0.3 is 25.4 Å². The SMILES string of the molecule is CCCCCCCCN(C(=O)C(CO)NC(=O)OC(C)(C)C)C(C(=O)NCc1ccccc1)c1ccccc1C. The van der Waals surface area contributed by atoms with Crippen molar-refractivity contribution in [2.45, 2.75) is 97.4 Å². The van der Waals surface area contributed by atoms with Crippen molar-refractivity contribution < 1.29 is 24.2 Å². The fourth-order valence-electron chi connectivity index (χ4n) is 4.49. The molecule has 0 saturated carbocycles. The van der Waals surface area contributed by atoms with Crippen LogP contribution in [0.4, 0.5) is 4.79 Å². The first kappa shape index (κ1) is 32.8. The molecule has 2 atom stereocenters. The van der Waals surface area contributed by atoms with E-state index in [1.165, 1.54) is 4.90 Å². The summed E-state index contributed by atoms with van der Waals surface area (Å²) in [5.41, 5.74) is 1.73. The van der Waals surface area contributed by atoms with Gasteiger partial charge in [-0.15, -0.1) is 0 Å². The summed E-state index contributed by atoms with van der Waals surface area (Å²) in [5, 5.41) is 15.6. The topological polar surface area (TPSA) is 108 Å². The van der Waals surface area contributed by atoms with Gasteiger partial charge in [-0.05, 0) is 50.8 Å². The number of alkyl carbamates (subject to hydrolysis) is 1. The molecule has 0 aliphatic heterocycles. The van der Waals surface area contributed by atoms with E-state index in [0.717, 1.165) is 43.2 Å². The number of hydrogen-bond donors (Lipinski definition) is 3. The second-order valence-corrected chi connectivity index (χ2v) is 11.1. The molecule has 0 saturated heterocycles. The quantitative estimate of drug-likeness (QED) is 0.255. The van der Waals surface area contributed by atoms with Gasteiger partial charge in [0.25, 0.3) is 0 Å². The maximum absolute atomic E-state index is 14.0. The van der Waals surface area contributed by atoms with E-state index in [9.17, 15) is 19.5 Å². The average molecular weight is 554 g/mol. The first-order valence-electron chi connectivity index (χ1n) is 14.4. The number of rotatable bonds is 15. The van der Waals surface area contributed by atoms with Crippen molar-refractivity contribution in [3.8, 4) is 0 Å². The Labute approximate surface area is 239 Å². The highest BCUT2D eigenvalue weighted by Gasteiger charge is 2.36. The van der Waals surface area contributed by atoms with Gasteiger partial charge in [0.1, 0.15) is 17.7 Å². The fourth-order valence-corrected chi connectivity index (χ4v) is 4.49. The van der Waals surface area contributed by atoms with Crippen LogP contribution in [0, 0.1) is 6.92 Å². The van der Waals surface area contributed by atoms with Crippen LogP contribution in [0.5, 0.6) is 0 Å². The third kappa shape index (κ3) is 11.0. The van der Waals surface area contributed by atoms with E-state index in [2.05, 4.69) is 17.6 Å². The molecule has 0 bridgehead atoms. The molecule has 2 rings (SSSR count). The number of carbonyl (C=O) groups is 3. The van der Waals surface area contributed by atoms with E-state index in [1.807, 2.05) is 61.5 Å². The monoisotopic (exact) mass is 553 g/mol. The molecular formula is C32H47N3O5. The molecule has 0 aromatic heterocycles. The number of aliphatic hydroxyl groups is 1. The largest absolute Gasteiger partial charge is 0.444 e. The van der Waals surface area contributed by atoms with E-state index in [1.54, 1.807) is 20.8 Å². The van der Waals surface area contributed by atoms with Crippen LogP contribution in [0.15, 0.2) is 54.6 Å². The number of carbonyl (C=O) groups excluding carboxylic acids is 3. The molecule has 8 heteroatoms. The second kappa shape index (κ2) is 16.7. The molecular weight excluding hydrogens is 506 g/mol. The summed E-state index contributed by atoms with van der Waals surface area (Å²) in [5.74, 6) is -0.864. The summed E-state index contributed by atoms with van der Waals surface area (Å²) < 4.78 is 5.32. The predicted molar refractivity (Wildman–Crippen MR) is 158 cm³/mol. The molecule has 40 heavy (non-hydrogen) atoms. The van der Waals surface area contributed by atoms with Crippen LogP contribution in [0.1, 0.15) is 89.0 Å². The lowest BCUT2D eigenvalue weighted by Gasteiger charge is -2.35. The van der Waals surface area contributed by atoms with Crippen LogP contribution in [0.25, 0.3) is 0 Å². The zero-order valence-electron chi connectivity index (χ0n) is 24.7. The summed E-state index contributed by atoms with van der Waals surface area (Å²) in [4.78, 5) is 41.8. The number of hydrogen-bond acceptors (Lipinski definition) is 5. The van der Waals surface area contributed by atoms with E-state index >= 15 is 0 Å². The van der Waals surface area contributed by atoms with Gasteiger partial charge in [0, 0.05) is 13.1 Å². The summed E-state index contributed by atoms with van der Waals surface area (Å²) >= 11 is 0. The summed E-state index contributed by atoms with van der Waals surface area (Å²) in [6.45, 7) is 9.21. The van der Waals surface area contributed by atoms with Crippen molar-refractivity contribution >= 4 is 17.9 Å². The lowest BCUT2D eigenvalue weighted by atomic mass is 9.97. The van der Waals surface area contributed by atoms with E-state index < -0.39 is 36.3 Å². The third-order valence-electron chi connectivity index (χ3n) is 6.56. The molecule has 0 radical (unpaired) electrons. The minimum atomic E-state index is -1.26. The standard InChI is InChI=1S/C32H47N3O5/c1-6-7-8-9-10-16-21-35(30(38)27(23-36)34-31(39)40-32(3,4)5)28(26-20-15-14-17-24(26)2)29(37)33-22-25-18-12-11-13-19-25/h11-15,17-20,27-28,36H,6-10,16,21-23H2,1-5H3,(H,33,37)(H,34,39). The molecule has 0 aliphatic rings. The zero-order valence-corrected chi connectivity index (χ0v) is 24.7. The lowest BCUT2D eigenvalue weighted by Crippen LogP contribution is -2.54. The summed E-state index contributed by atoms with van der Waals surface area (Å²) in [7, 11) is 0. The van der Waals surface area contributed by atoms with Crippen LogP contribution in [-0.4, -0.2) is 52.7 Å². The molecule has 220 valence electrons. The number of amides is 3. The summed E-state index contributed by atoms with van der Waals surface area (Å²) in [6, 6.07) is 14.9. The molecule has 0 aliphatic carbocycles. The fraction of sp³-hybridized carbons (Fsp3) is 0.531. The van der Waals surface area contributed by atoms with E-state index in [0.29, 0.717) is 25.1 Å². The van der Waals surface area contributed by atoms with Gasteiger partial charge >= 0.3 is 6.09 Å². The van der Waals surface area contributed by atoms with Crippen LogP contribution in [-0.2, 0) is 20.9 Å². The van der Waals surface area contributed by atoms with Gasteiger partial charge in [0.15, 0.2) is 0 Å². The normalized spacial score (nSPS) is 12.8. The van der Waals surface area contributed by atoms with E-state index in [4.69, 9.17) is 4.74 Å². The van der Waals surface area contributed by atoms with Crippen LogP contribution >= 0.6 is 0 Å². The Morgan fingerprint density at radius 3 is 2.17 bits per heavy atom. The number of ether oxygens (including phenoxy) is 1. The van der Waals surface area contributed by atoms with Crippen molar-refractivity contribution in [3.63, 3.8) is 0 Å². The van der Waals surface area contributed by atoms with Crippen LogP contribution in [0.2, 0.25) is 0 Å². The number of nitrogens with one attached hydrogen (secondary N) is 2. The summed E-state index contributed by atoms with van der Waals surface area (Å²) in [6.07, 6.45) is 5.22. The Hall–Kier alpha value is -3.39. The number of nitrogens with zero attached hydrogens (tertiary/aromatic N) is 1. The maximum Gasteiger partial charge on any atom is 0.408 e. The Morgan fingerprint density at radius 1 is 0.925 bits per heavy atom. The Bertz CT molecular complexity index is 1070. The van der Waals surface area contributed by atoms with Crippen molar-refractivity contribution in [2.75, 3.05) is 13.2 Å². The lowest BCUT2D eigenvalue weighted by molar-refractivity contribution is -0.143. The van der Waals surface area contributed by atoms with Gasteiger partial charge in [-0.2, -0.15) is 0 Å².